The molecule has 0 saturated heterocycles. The van der Waals surface area contributed by atoms with Crippen LogP contribution in [0.1, 0.15) is 26.3 Å². The first kappa shape index (κ1) is 19.2. The lowest BCUT2D eigenvalue weighted by Gasteiger charge is -2.11. The van der Waals surface area contributed by atoms with Gasteiger partial charge in [-0.05, 0) is 43.3 Å². The lowest BCUT2D eigenvalue weighted by molar-refractivity contribution is 0.0445. The van der Waals surface area contributed by atoms with E-state index in [9.17, 15) is 9.59 Å². The van der Waals surface area contributed by atoms with Crippen LogP contribution < -0.4 is 9.47 Å². The Bertz CT molecular complexity index is 933. The van der Waals surface area contributed by atoms with E-state index in [2.05, 4.69) is 0 Å². The molecular formula is C23H20O5. The van der Waals surface area contributed by atoms with Gasteiger partial charge in [-0.15, -0.1) is 0 Å². The maximum atomic E-state index is 12.4. The van der Waals surface area contributed by atoms with Crippen LogP contribution in [0, 0.1) is 6.92 Å². The number of hydrogen-bond donors (Lipinski definition) is 0. The number of ether oxygens (including phenoxy) is 3. The molecule has 28 heavy (non-hydrogen) atoms. The number of rotatable bonds is 7. The Morgan fingerprint density at radius 2 is 1.43 bits per heavy atom. The van der Waals surface area contributed by atoms with E-state index in [1.165, 1.54) is 0 Å². The van der Waals surface area contributed by atoms with Gasteiger partial charge in [0.1, 0.15) is 30.3 Å². The van der Waals surface area contributed by atoms with E-state index in [-0.39, 0.29) is 24.5 Å². The molecule has 0 bridgehead atoms. The summed E-state index contributed by atoms with van der Waals surface area (Å²) >= 11 is 0. The van der Waals surface area contributed by atoms with E-state index in [1.54, 1.807) is 36.4 Å². The summed E-state index contributed by atoms with van der Waals surface area (Å²) in [5.41, 5.74) is 1.63. The van der Waals surface area contributed by atoms with Crippen molar-refractivity contribution in [1.29, 1.82) is 0 Å². The first-order valence-corrected chi connectivity index (χ1v) is 8.86. The van der Waals surface area contributed by atoms with Crippen LogP contribution in [0.15, 0.2) is 78.9 Å². The van der Waals surface area contributed by atoms with Crippen molar-refractivity contribution >= 4 is 11.9 Å². The second-order valence-corrected chi connectivity index (χ2v) is 6.05. The molecule has 0 atom stereocenters. The van der Waals surface area contributed by atoms with Crippen molar-refractivity contribution in [1.82, 2.24) is 0 Å². The molecule has 3 rings (SSSR count). The number of benzene rings is 3. The van der Waals surface area contributed by atoms with Crippen molar-refractivity contribution in [2.75, 3.05) is 13.2 Å². The standard InChI is InChI=1S/C23H20O5/c1-17-11-13-18(14-12-17)22(24)28-21-10-6-5-9-20(21)23(25)27-16-15-26-19-7-3-2-4-8-19/h2-14H,15-16H2,1H3. The molecule has 3 aromatic rings. The van der Waals surface area contributed by atoms with Crippen molar-refractivity contribution in [2.24, 2.45) is 0 Å². The summed E-state index contributed by atoms with van der Waals surface area (Å²) in [7, 11) is 0. The van der Waals surface area contributed by atoms with Crippen LogP contribution in [0.2, 0.25) is 0 Å². The summed E-state index contributed by atoms with van der Waals surface area (Å²) in [6.45, 7) is 2.23. The highest BCUT2D eigenvalue weighted by atomic mass is 16.6. The van der Waals surface area contributed by atoms with Gasteiger partial charge in [0.2, 0.25) is 0 Å². The van der Waals surface area contributed by atoms with Gasteiger partial charge in [0.05, 0.1) is 5.56 Å². The van der Waals surface area contributed by atoms with Gasteiger partial charge in [-0.25, -0.2) is 9.59 Å². The topological polar surface area (TPSA) is 61.8 Å². The van der Waals surface area contributed by atoms with E-state index in [1.807, 2.05) is 49.4 Å². The molecule has 142 valence electrons. The zero-order chi connectivity index (χ0) is 19.8. The van der Waals surface area contributed by atoms with Crippen LogP contribution in [-0.2, 0) is 4.74 Å². The summed E-state index contributed by atoms with van der Waals surface area (Å²) in [6, 6.07) is 22.7. The van der Waals surface area contributed by atoms with Gasteiger partial charge in [-0.3, -0.25) is 0 Å². The van der Waals surface area contributed by atoms with Gasteiger partial charge >= 0.3 is 11.9 Å². The Morgan fingerprint density at radius 1 is 0.750 bits per heavy atom. The van der Waals surface area contributed by atoms with E-state index in [0.717, 1.165) is 5.56 Å². The largest absolute Gasteiger partial charge is 0.490 e. The predicted octanol–water partition coefficient (Wildman–Crippen LogP) is 4.45. The van der Waals surface area contributed by atoms with Crippen molar-refractivity contribution < 1.29 is 23.8 Å². The van der Waals surface area contributed by atoms with Gasteiger partial charge in [0.25, 0.3) is 0 Å². The Labute approximate surface area is 163 Å². The van der Waals surface area contributed by atoms with E-state index >= 15 is 0 Å². The molecule has 0 unspecified atom stereocenters. The number of aryl methyl sites for hydroxylation is 1. The highest BCUT2D eigenvalue weighted by molar-refractivity contribution is 5.96. The van der Waals surface area contributed by atoms with E-state index in [4.69, 9.17) is 14.2 Å². The first-order valence-electron chi connectivity index (χ1n) is 8.86. The van der Waals surface area contributed by atoms with Crippen LogP contribution in [0.5, 0.6) is 11.5 Å². The quantitative estimate of drug-likeness (QED) is 0.346. The van der Waals surface area contributed by atoms with Gasteiger partial charge in [-0.1, -0.05) is 48.0 Å². The minimum Gasteiger partial charge on any atom is -0.490 e. The average molecular weight is 376 g/mol. The molecule has 0 radical (unpaired) electrons. The summed E-state index contributed by atoms with van der Waals surface area (Å²) in [5, 5.41) is 0. The maximum Gasteiger partial charge on any atom is 0.343 e. The van der Waals surface area contributed by atoms with Crippen LogP contribution in [-0.4, -0.2) is 25.2 Å². The molecule has 5 nitrogen and oxygen atoms in total. The van der Waals surface area contributed by atoms with Crippen LogP contribution >= 0.6 is 0 Å². The fourth-order valence-electron chi connectivity index (χ4n) is 2.46. The number of para-hydroxylation sites is 2. The zero-order valence-electron chi connectivity index (χ0n) is 15.5. The third kappa shape index (κ3) is 5.20. The fourth-order valence-corrected chi connectivity index (χ4v) is 2.46. The fraction of sp³-hybridized carbons (Fsp3) is 0.130. The predicted molar refractivity (Wildman–Crippen MR) is 105 cm³/mol. The number of carbonyl (C=O) groups excluding carboxylic acids is 2. The number of esters is 2. The highest BCUT2D eigenvalue weighted by Crippen LogP contribution is 2.20. The van der Waals surface area contributed by atoms with E-state index in [0.29, 0.717) is 11.3 Å². The Hall–Kier alpha value is -3.60. The molecule has 0 aliphatic carbocycles. The molecule has 0 fully saturated rings. The second kappa shape index (κ2) is 9.37. The molecule has 5 heteroatoms. The normalized spacial score (nSPS) is 10.2. The van der Waals surface area contributed by atoms with Crippen molar-refractivity contribution in [3.63, 3.8) is 0 Å². The molecule has 0 saturated carbocycles. The summed E-state index contributed by atoms with van der Waals surface area (Å²) in [6.07, 6.45) is 0. The molecule has 0 heterocycles. The molecular weight excluding hydrogens is 356 g/mol. The minimum absolute atomic E-state index is 0.0774. The SMILES string of the molecule is Cc1ccc(C(=O)Oc2ccccc2C(=O)OCCOc2ccccc2)cc1. The number of hydrogen-bond acceptors (Lipinski definition) is 5. The van der Waals surface area contributed by atoms with Crippen LogP contribution in [0.3, 0.4) is 0 Å². The summed E-state index contributed by atoms with van der Waals surface area (Å²) in [5.74, 6) is -0.260. The van der Waals surface area contributed by atoms with Gasteiger partial charge in [0.15, 0.2) is 0 Å². The van der Waals surface area contributed by atoms with Crippen molar-refractivity contribution in [2.45, 2.75) is 6.92 Å². The monoisotopic (exact) mass is 376 g/mol. The molecule has 3 aromatic carbocycles. The molecule has 0 aromatic heterocycles. The molecule has 0 aliphatic rings. The average Bonchev–Trinajstić information content (AvgIpc) is 2.72. The second-order valence-electron chi connectivity index (χ2n) is 6.05. The molecule has 0 N–H and O–H groups in total. The van der Waals surface area contributed by atoms with Gasteiger partial charge < -0.3 is 14.2 Å². The first-order chi connectivity index (χ1) is 13.6. The summed E-state index contributed by atoms with van der Waals surface area (Å²) < 4.78 is 16.1. The maximum absolute atomic E-state index is 12.4. The zero-order valence-corrected chi connectivity index (χ0v) is 15.5. The Morgan fingerprint density at radius 3 is 2.18 bits per heavy atom. The van der Waals surface area contributed by atoms with Crippen LogP contribution in [0.25, 0.3) is 0 Å². The minimum atomic E-state index is -0.580. The van der Waals surface area contributed by atoms with Crippen LogP contribution in [0.4, 0.5) is 0 Å². The summed E-state index contributed by atoms with van der Waals surface area (Å²) in [4.78, 5) is 24.7. The van der Waals surface area contributed by atoms with Crippen molar-refractivity contribution in [3.8, 4) is 11.5 Å². The third-order valence-corrected chi connectivity index (χ3v) is 3.93. The van der Waals surface area contributed by atoms with E-state index < -0.39 is 11.9 Å². The number of carbonyl (C=O) groups is 2. The Balaban J connectivity index is 1.58. The smallest absolute Gasteiger partial charge is 0.343 e. The lowest BCUT2D eigenvalue weighted by Crippen LogP contribution is -2.15. The molecule has 0 spiro atoms. The van der Waals surface area contributed by atoms with Gasteiger partial charge in [-0.2, -0.15) is 0 Å². The lowest BCUT2D eigenvalue weighted by atomic mass is 10.1. The highest BCUT2D eigenvalue weighted by Gasteiger charge is 2.17. The van der Waals surface area contributed by atoms with Crippen molar-refractivity contribution in [3.05, 3.63) is 95.6 Å². The molecule has 0 amide bonds. The third-order valence-electron chi connectivity index (χ3n) is 3.93. The molecule has 0 aliphatic heterocycles. The Kier molecular flexibility index (Phi) is 6.41. The van der Waals surface area contributed by atoms with Gasteiger partial charge in [0, 0.05) is 0 Å².